The third-order valence-corrected chi connectivity index (χ3v) is 4.01. The van der Waals surface area contributed by atoms with Crippen LogP contribution in [0.5, 0.6) is 0 Å². The molecule has 2 aromatic rings. The zero-order valence-corrected chi connectivity index (χ0v) is 13.0. The maximum absolute atomic E-state index is 12.5. The number of hydrogen-bond acceptors (Lipinski definition) is 2. The summed E-state index contributed by atoms with van der Waals surface area (Å²) < 4.78 is 0. The lowest BCUT2D eigenvalue weighted by atomic mass is 9.98. The van der Waals surface area contributed by atoms with Crippen LogP contribution in [0.3, 0.4) is 0 Å². The van der Waals surface area contributed by atoms with Gasteiger partial charge in [0.15, 0.2) is 5.78 Å². The van der Waals surface area contributed by atoms with Crippen molar-refractivity contribution in [1.29, 1.82) is 0 Å². The zero-order chi connectivity index (χ0) is 14.5. The Morgan fingerprint density at radius 2 is 1.70 bits per heavy atom. The number of carbonyl (C=O) groups is 1. The van der Waals surface area contributed by atoms with Gasteiger partial charge in [-0.15, -0.1) is 11.8 Å². The van der Waals surface area contributed by atoms with Crippen LogP contribution in [0.1, 0.15) is 35.3 Å². The Morgan fingerprint density at radius 1 is 1.05 bits per heavy atom. The Labute approximate surface area is 125 Å². The summed E-state index contributed by atoms with van der Waals surface area (Å²) in [4.78, 5) is 13.6. The molecule has 0 aliphatic carbocycles. The molecule has 0 aromatic heterocycles. The van der Waals surface area contributed by atoms with E-state index in [9.17, 15) is 4.79 Å². The largest absolute Gasteiger partial charge is 0.289 e. The summed E-state index contributed by atoms with van der Waals surface area (Å²) in [7, 11) is 0. The quantitative estimate of drug-likeness (QED) is 0.577. The van der Waals surface area contributed by atoms with E-state index < -0.39 is 0 Å². The summed E-state index contributed by atoms with van der Waals surface area (Å²) in [5, 5.41) is 0. The van der Waals surface area contributed by atoms with Gasteiger partial charge in [-0.3, -0.25) is 4.79 Å². The summed E-state index contributed by atoms with van der Waals surface area (Å²) in [6, 6.07) is 15.8. The molecule has 0 aliphatic heterocycles. The second-order valence-electron chi connectivity index (χ2n) is 5.32. The number of benzene rings is 2. The summed E-state index contributed by atoms with van der Waals surface area (Å²) in [6.45, 7) is 4.40. The SMILES string of the molecule is CSc1ccccc1C(=O)c1ccc(CC(C)C)cc1. The molecule has 0 radical (unpaired) electrons. The molecule has 2 rings (SSSR count). The first-order valence-corrected chi connectivity index (χ1v) is 8.11. The van der Waals surface area contributed by atoms with Gasteiger partial charge in [0.25, 0.3) is 0 Å². The topological polar surface area (TPSA) is 17.1 Å². The molecule has 1 nitrogen and oxygen atoms in total. The second kappa shape index (κ2) is 6.76. The van der Waals surface area contributed by atoms with Crippen LogP contribution >= 0.6 is 11.8 Å². The van der Waals surface area contributed by atoms with E-state index in [1.54, 1.807) is 11.8 Å². The molecule has 20 heavy (non-hydrogen) atoms. The van der Waals surface area contributed by atoms with Gasteiger partial charge in [-0.2, -0.15) is 0 Å². The molecule has 0 amide bonds. The van der Waals surface area contributed by atoms with Gasteiger partial charge in [-0.25, -0.2) is 0 Å². The molecule has 0 fully saturated rings. The summed E-state index contributed by atoms with van der Waals surface area (Å²) in [5.41, 5.74) is 2.84. The van der Waals surface area contributed by atoms with Crippen molar-refractivity contribution in [3.05, 3.63) is 65.2 Å². The van der Waals surface area contributed by atoms with Crippen LogP contribution in [0.25, 0.3) is 0 Å². The molecule has 0 aliphatic rings. The highest BCUT2D eigenvalue weighted by Crippen LogP contribution is 2.23. The van der Waals surface area contributed by atoms with Crippen LogP contribution in [0.4, 0.5) is 0 Å². The monoisotopic (exact) mass is 284 g/mol. The Morgan fingerprint density at radius 3 is 2.30 bits per heavy atom. The molecule has 0 saturated heterocycles. The fourth-order valence-electron chi connectivity index (χ4n) is 2.25. The fraction of sp³-hybridized carbons (Fsp3) is 0.278. The van der Waals surface area contributed by atoms with E-state index in [1.165, 1.54) is 5.56 Å². The maximum Gasteiger partial charge on any atom is 0.194 e. The van der Waals surface area contributed by atoms with E-state index in [0.717, 1.165) is 22.4 Å². The summed E-state index contributed by atoms with van der Waals surface area (Å²) >= 11 is 1.61. The molecular formula is C18H20OS. The fourth-order valence-corrected chi connectivity index (χ4v) is 2.85. The Balaban J connectivity index is 2.25. The molecule has 104 valence electrons. The van der Waals surface area contributed by atoms with Crippen molar-refractivity contribution in [2.75, 3.05) is 6.26 Å². The average molecular weight is 284 g/mol. The Hall–Kier alpha value is -1.54. The van der Waals surface area contributed by atoms with E-state index in [2.05, 4.69) is 26.0 Å². The van der Waals surface area contributed by atoms with E-state index >= 15 is 0 Å². The van der Waals surface area contributed by atoms with E-state index in [0.29, 0.717) is 5.92 Å². The van der Waals surface area contributed by atoms with Gasteiger partial charge in [0.1, 0.15) is 0 Å². The molecule has 2 aromatic carbocycles. The first-order valence-electron chi connectivity index (χ1n) is 6.88. The Bertz CT molecular complexity index is 585. The molecule has 0 heterocycles. The van der Waals surface area contributed by atoms with Crippen molar-refractivity contribution >= 4 is 17.5 Å². The summed E-state index contributed by atoms with van der Waals surface area (Å²) in [5.74, 6) is 0.736. The molecule has 2 heteroatoms. The Kier molecular flexibility index (Phi) is 5.02. The van der Waals surface area contributed by atoms with Crippen molar-refractivity contribution < 1.29 is 4.79 Å². The first kappa shape index (κ1) is 14.9. The van der Waals surface area contributed by atoms with Gasteiger partial charge < -0.3 is 0 Å². The van der Waals surface area contributed by atoms with Crippen molar-refractivity contribution in [2.24, 2.45) is 5.92 Å². The van der Waals surface area contributed by atoms with Crippen LogP contribution < -0.4 is 0 Å². The molecule has 0 atom stereocenters. The van der Waals surface area contributed by atoms with Crippen molar-refractivity contribution in [1.82, 2.24) is 0 Å². The second-order valence-corrected chi connectivity index (χ2v) is 6.17. The van der Waals surface area contributed by atoms with Gasteiger partial charge in [-0.1, -0.05) is 50.2 Å². The third-order valence-electron chi connectivity index (χ3n) is 3.21. The highest BCUT2D eigenvalue weighted by Gasteiger charge is 2.12. The van der Waals surface area contributed by atoms with Gasteiger partial charge >= 0.3 is 0 Å². The van der Waals surface area contributed by atoms with Crippen LogP contribution in [-0.4, -0.2) is 12.0 Å². The summed E-state index contributed by atoms with van der Waals surface area (Å²) in [6.07, 6.45) is 3.05. The minimum atomic E-state index is 0.103. The standard InChI is InChI=1S/C18H20OS/c1-13(2)12-14-8-10-15(11-9-14)18(19)16-6-4-5-7-17(16)20-3/h4-11,13H,12H2,1-3H3. The van der Waals surface area contributed by atoms with Crippen LogP contribution in [0, 0.1) is 5.92 Å². The minimum Gasteiger partial charge on any atom is -0.289 e. The van der Waals surface area contributed by atoms with Crippen molar-refractivity contribution in [2.45, 2.75) is 25.2 Å². The molecular weight excluding hydrogens is 264 g/mol. The molecule has 0 N–H and O–H groups in total. The minimum absolute atomic E-state index is 0.103. The highest BCUT2D eigenvalue weighted by molar-refractivity contribution is 7.98. The zero-order valence-electron chi connectivity index (χ0n) is 12.2. The van der Waals surface area contributed by atoms with Gasteiger partial charge in [0, 0.05) is 16.0 Å². The van der Waals surface area contributed by atoms with E-state index in [-0.39, 0.29) is 5.78 Å². The smallest absolute Gasteiger partial charge is 0.194 e. The van der Waals surface area contributed by atoms with Gasteiger partial charge in [0.05, 0.1) is 0 Å². The lowest BCUT2D eigenvalue weighted by molar-refractivity contribution is 0.103. The number of carbonyl (C=O) groups excluding carboxylic acids is 1. The van der Waals surface area contributed by atoms with Crippen molar-refractivity contribution in [3.8, 4) is 0 Å². The average Bonchev–Trinajstić information content (AvgIpc) is 2.46. The lowest BCUT2D eigenvalue weighted by Crippen LogP contribution is -2.03. The van der Waals surface area contributed by atoms with Crippen LogP contribution in [0.15, 0.2) is 53.4 Å². The first-order chi connectivity index (χ1) is 9.61. The molecule has 0 spiro atoms. The highest BCUT2D eigenvalue weighted by atomic mass is 32.2. The predicted octanol–water partition coefficient (Wildman–Crippen LogP) is 4.84. The maximum atomic E-state index is 12.5. The van der Waals surface area contributed by atoms with E-state index in [4.69, 9.17) is 0 Å². The molecule has 0 bridgehead atoms. The predicted molar refractivity (Wildman–Crippen MR) is 86.6 cm³/mol. The van der Waals surface area contributed by atoms with Gasteiger partial charge in [-0.05, 0) is 36.3 Å². The number of thioether (sulfide) groups is 1. The molecule has 0 unspecified atom stereocenters. The number of rotatable bonds is 5. The van der Waals surface area contributed by atoms with Crippen LogP contribution in [-0.2, 0) is 6.42 Å². The van der Waals surface area contributed by atoms with E-state index in [1.807, 2.05) is 42.7 Å². The van der Waals surface area contributed by atoms with Crippen LogP contribution in [0.2, 0.25) is 0 Å². The number of hydrogen-bond donors (Lipinski definition) is 0. The third kappa shape index (κ3) is 3.51. The normalized spacial score (nSPS) is 10.8. The number of ketones is 1. The molecule has 0 saturated carbocycles. The lowest BCUT2D eigenvalue weighted by Gasteiger charge is -2.08. The van der Waals surface area contributed by atoms with Gasteiger partial charge in [0.2, 0.25) is 0 Å². The van der Waals surface area contributed by atoms with Crippen molar-refractivity contribution in [3.63, 3.8) is 0 Å².